The van der Waals surface area contributed by atoms with Crippen molar-refractivity contribution < 1.29 is 9.18 Å². The Hall–Kier alpha value is -1.18. The fourth-order valence-electron chi connectivity index (χ4n) is 0.989. The third-order valence-corrected chi connectivity index (χ3v) is 1.89. The van der Waals surface area contributed by atoms with Gasteiger partial charge in [-0.05, 0) is 19.1 Å². The fraction of sp³-hybridized carbons (Fsp3) is 0.222. The van der Waals surface area contributed by atoms with Crippen molar-refractivity contribution >= 4 is 17.7 Å². The predicted molar refractivity (Wildman–Crippen MR) is 47.9 cm³/mol. The van der Waals surface area contributed by atoms with Crippen molar-refractivity contribution in [2.24, 2.45) is 4.99 Å². The highest BCUT2D eigenvalue weighted by Gasteiger charge is 2.09. The molecule has 0 N–H and O–H groups in total. The molecule has 1 aromatic rings. The van der Waals surface area contributed by atoms with Gasteiger partial charge in [0.2, 0.25) is 6.08 Å². The van der Waals surface area contributed by atoms with Crippen LogP contribution in [0, 0.1) is 5.82 Å². The summed E-state index contributed by atoms with van der Waals surface area (Å²) in [7, 11) is 0. The molecular formula is C9H7ClFNO. The lowest BCUT2D eigenvalue weighted by Gasteiger charge is -2.05. The first-order valence-electron chi connectivity index (χ1n) is 3.67. The van der Waals surface area contributed by atoms with Crippen molar-refractivity contribution in [2.45, 2.75) is 13.0 Å². The van der Waals surface area contributed by atoms with Gasteiger partial charge in [-0.2, -0.15) is 4.99 Å². The van der Waals surface area contributed by atoms with Crippen LogP contribution < -0.4 is 0 Å². The third-order valence-electron chi connectivity index (χ3n) is 1.66. The van der Waals surface area contributed by atoms with E-state index in [0.29, 0.717) is 10.6 Å². The molecule has 1 aromatic carbocycles. The summed E-state index contributed by atoms with van der Waals surface area (Å²) < 4.78 is 13.1. The van der Waals surface area contributed by atoms with E-state index in [9.17, 15) is 9.18 Å². The molecule has 1 unspecified atom stereocenters. The average molecular weight is 200 g/mol. The molecule has 0 radical (unpaired) electrons. The number of halogens is 2. The number of benzene rings is 1. The molecule has 0 aliphatic carbocycles. The second-order valence-corrected chi connectivity index (χ2v) is 3.00. The molecule has 1 rings (SSSR count). The van der Waals surface area contributed by atoms with Crippen LogP contribution in [-0.2, 0) is 4.79 Å². The van der Waals surface area contributed by atoms with Gasteiger partial charge in [-0.1, -0.05) is 17.7 Å². The first-order chi connectivity index (χ1) is 6.15. The second kappa shape index (κ2) is 4.17. The van der Waals surface area contributed by atoms with Crippen molar-refractivity contribution in [1.82, 2.24) is 0 Å². The van der Waals surface area contributed by atoms with Gasteiger partial charge in [-0.25, -0.2) is 9.18 Å². The Labute approximate surface area is 80.1 Å². The molecule has 0 aliphatic heterocycles. The van der Waals surface area contributed by atoms with Crippen LogP contribution >= 0.6 is 11.6 Å². The van der Waals surface area contributed by atoms with Gasteiger partial charge < -0.3 is 0 Å². The Kier molecular flexibility index (Phi) is 3.18. The number of nitrogens with zero attached hydrogens (tertiary/aromatic N) is 1. The van der Waals surface area contributed by atoms with Crippen LogP contribution in [0.1, 0.15) is 18.5 Å². The van der Waals surface area contributed by atoms with E-state index in [1.807, 2.05) is 0 Å². The number of aliphatic imine (C=N–C) groups is 1. The maximum Gasteiger partial charge on any atom is 0.235 e. The molecular weight excluding hydrogens is 193 g/mol. The molecule has 1 atom stereocenters. The smallest absolute Gasteiger partial charge is 0.211 e. The highest BCUT2D eigenvalue weighted by molar-refractivity contribution is 6.30. The van der Waals surface area contributed by atoms with Gasteiger partial charge in [0.15, 0.2) is 0 Å². The summed E-state index contributed by atoms with van der Waals surface area (Å²) in [6, 6.07) is 3.72. The molecule has 13 heavy (non-hydrogen) atoms. The normalized spacial score (nSPS) is 11.9. The van der Waals surface area contributed by atoms with Gasteiger partial charge in [0, 0.05) is 10.6 Å². The summed E-state index contributed by atoms with van der Waals surface area (Å²) in [4.78, 5) is 13.3. The zero-order valence-electron chi connectivity index (χ0n) is 6.92. The van der Waals surface area contributed by atoms with Crippen molar-refractivity contribution in [3.8, 4) is 0 Å². The van der Waals surface area contributed by atoms with Crippen molar-refractivity contribution in [3.05, 3.63) is 34.6 Å². The quantitative estimate of drug-likeness (QED) is 0.532. The lowest BCUT2D eigenvalue weighted by Crippen LogP contribution is -1.93. The first-order valence-corrected chi connectivity index (χ1v) is 4.05. The van der Waals surface area contributed by atoms with Crippen LogP contribution in [0.5, 0.6) is 0 Å². The van der Waals surface area contributed by atoms with Gasteiger partial charge in [0.25, 0.3) is 0 Å². The van der Waals surface area contributed by atoms with E-state index in [0.717, 1.165) is 0 Å². The molecule has 0 amide bonds. The number of carbonyl (C=O) groups excluding carboxylic acids is 1. The SMILES string of the molecule is CC(N=C=O)c1ccc(Cl)cc1F. The zero-order valence-corrected chi connectivity index (χ0v) is 7.68. The number of isocyanates is 1. The summed E-state index contributed by atoms with van der Waals surface area (Å²) in [5.41, 5.74) is 0.341. The predicted octanol–water partition coefficient (Wildman–Crippen LogP) is 2.88. The summed E-state index contributed by atoms with van der Waals surface area (Å²) in [6.07, 6.45) is 1.38. The largest absolute Gasteiger partial charge is 0.235 e. The highest BCUT2D eigenvalue weighted by atomic mass is 35.5. The lowest BCUT2D eigenvalue weighted by molar-refractivity contribution is 0.555. The molecule has 0 aliphatic rings. The van der Waals surface area contributed by atoms with E-state index < -0.39 is 11.9 Å². The van der Waals surface area contributed by atoms with E-state index in [2.05, 4.69) is 4.99 Å². The van der Waals surface area contributed by atoms with Crippen LogP contribution in [-0.4, -0.2) is 6.08 Å². The van der Waals surface area contributed by atoms with Crippen LogP contribution in [0.25, 0.3) is 0 Å². The Morgan fingerprint density at radius 3 is 2.85 bits per heavy atom. The van der Waals surface area contributed by atoms with Gasteiger partial charge in [0.05, 0.1) is 6.04 Å². The van der Waals surface area contributed by atoms with Crippen LogP contribution in [0.2, 0.25) is 5.02 Å². The van der Waals surface area contributed by atoms with E-state index in [4.69, 9.17) is 11.6 Å². The monoisotopic (exact) mass is 199 g/mol. The molecule has 0 aromatic heterocycles. The maximum atomic E-state index is 13.1. The average Bonchev–Trinajstić information content (AvgIpc) is 2.04. The van der Waals surface area contributed by atoms with Crippen molar-refractivity contribution in [1.29, 1.82) is 0 Å². The van der Waals surface area contributed by atoms with Gasteiger partial charge >= 0.3 is 0 Å². The van der Waals surface area contributed by atoms with Crippen molar-refractivity contribution in [3.63, 3.8) is 0 Å². The Morgan fingerprint density at radius 1 is 1.62 bits per heavy atom. The molecule has 0 saturated carbocycles. The van der Waals surface area contributed by atoms with E-state index in [-0.39, 0.29) is 0 Å². The maximum absolute atomic E-state index is 13.1. The minimum absolute atomic E-state index is 0.323. The van der Waals surface area contributed by atoms with Crippen LogP contribution in [0.4, 0.5) is 4.39 Å². The third kappa shape index (κ3) is 2.38. The molecule has 0 bridgehead atoms. The summed E-state index contributed by atoms with van der Waals surface area (Å²) in [5, 5.41) is 0.323. The minimum Gasteiger partial charge on any atom is -0.211 e. The first kappa shape index (κ1) is 9.90. The molecule has 2 nitrogen and oxygen atoms in total. The van der Waals surface area contributed by atoms with Gasteiger partial charge in [0.1, 0.15) is 5.82 Å². The number of hydrogen-bond acceptors (Lipinski definition) is 2. The molecule has 0 fully saturated rings. The molecule has 68 valence electrons. The van der Waals surface area contributed by atoms with E-state index in [1.165, 1.54) is 18.2 Å². The Morgan fingerprint density at radius 2 is 2.31 bits per heavy atom. The minimum atomic E-state index is -0.519. The molecule has 0 spiro atoms. The summed E-state index contributed by atoms with van der Waals surface area (Å²) >= 11 is 5.55. The summed E-state index contributed by atoms with van der Waals surface area (Å²) in [6.45, 7) is 1.61. The van der Waals surface area contributed by atoms with Gasteiger partial charge in [-0.15, -0.1) is 0 Å². The highest BCUT2D eigenvalue weighted by Crippen LogP contribution is 2.22. The standard InChI is InChI=1S/C9H7ClFNO/c1-6(12-5-13)8-3-2-7(10)4-9(8)11/h2-4,6H,1H3. The lowest BCUT2D eigenvalue weighted by atomic mass is 10.1. The van der Waals surface area contributed by atoms with Gasteiger partial charge in [-0.3, -0.25) is 0 Å². The Bertz CT molecular complexity index is 361. The molecule has 0 saturated heterocycles. The van der Waals surface area contributed by atoms with E-state index in [1.54, 1.807) is 13.0 Å². The van der Waals surface area contributed by atoms with E-state index >= 15 is 0 Å². The molecule has 0 heterocycles. The van der Waals surface area contributed by atoms with Crippen molar-refractivity contribution in [2.75, 3.05) is 0 Å². The number of hydrogen-bond donors (Lipinski definition) is 0. The Balaban J connectivity index is 3.08. The zero-order chi connectivity index (χ0) is 9.84. The topological polar surface area (TPSA) is 29.4 Å². The van der Waals surface area contributed by atoms with Crippen LogP contribution in [0.3, 0.4) is 0 Å². The molecule has 4 heteroatoms. The summed E-state index contributed by atoms with van der Waals surface area (Å²) in [5.74, 6) is -0.459. The number of rotatable bonds is 2. The van der Waals surface area contributed by atoms with Crippen LogP contribution in [0.15, 0.2) is 23.2 Å². The fourth-order valence-corrected chi connectivity index (χ4v) is 1.15. The second-order valence-electron chi connectivity index (χ2n) is 2.56.